The number of hydrogen-bond acceptors (Lipinski definition) is 5. The molecule has 7 heteroatoms. The number of halogens is 1. The summed E-state index contributed by atoms with van der Waals surface area (Å²) >= 11 is 2.30. The number of benzene rings is 2. The van der Waals surface area contributed by atoms with Crippen LogP contribution in [0.2, 0.25) is 18.1 Å². The van der Waals surface area contributed by atoms with Gasteiger partial charge in [0.05, 0.1) is 19.3 Å². The lowest BCUT2D eigenvalue weighted by atomic mass is 9.99. The molecule has 182 valence electrons. The number of rotatable bonds is 9. The molecule has 1 saturated heterocycles. The first-order valence-electron chi connectivity index (χ1n) is 11.5. The van der Waals surface area contributed by atoms with E-state index in [2.05, 4.69) is 56.5 Å². The average Bonchev–Trinajstić information content (AvgIpc) is 2.78. The van der Waals surface area contributed by atoms with Crippen LogP contribution in [0.1, 0.15) is 31.9 Å². The van der Waals surface area contributed by atoms with Crippen molar-refractivity contribution in [2.24, 2.45) is 0 Å². The van der Waals surface area contributed by atoms with E-state index in [9.17, 15) is 5.11 Å². The Morgan fingerprint density at radius 3 is 1.79 bits per heavy atom. The molecule has 1 aliphatic heterocycles. The van der Waals surface area contributed by atoms with Crippen LogP contribution in [0, 0.1) is 0 Å². The lowest BCUT2D eigenvalue weighted by Crippen LogP contribution is -2.63. The van der Waals surface area contributed by atoms with Gasteiger partial charge in [-0.3, -0.25) is 0 Å². The van der Waals surface area contributed by atoms with E-state index in [-0.39, 0.29) is 17.2 Å². The predicted molar refractivity (Wildman–Crippen MR) is 142 cm³/mol. The summed E-state index contributed by atoms with van der Waals surface area (Å²) in [6.45, 7) is 11.9. The minimum Gasteiger partial charge on any atom is -0.408 e. The molecule has 0 radical (unpaired) electrons. The number of hydrogen-bond donors (Lipinski definition) is 1. The molecule has 0 unspecified atom stereocenters. The van der Waals surface area contributed by atoms with Crippen LogP contribution in [-0.4, -0.2) is 48.6 Å². The zero-order chi connectivity index (χ0) is 24.1. The van der Waals surface area contributed by atoms with Gasteiger partial charge in [-0.05, 0) is 29.3 Å². The largest absolute Gasteiger partial charge is 0.408 e. The van der Waals surface area contributed by atoms with Gasteiger partial charge in [0, 0.05) is 4.43 Å². The smallest absolute Gasteiger partial charge is 0.192 e. The van der Waals surface area contributed by atoms with Gasteiger partial charge >= 0.3 is 0 Å². The molecule has 2 aromatic rings. The van der Waals surface area contributed by atoms with Gasteiger partial charge in [-0.1, -0.05) is 104 Å². The lowest BCUT2D eigenvalue weighted by molar-refractivity contribution is -0.296. The molecule has 5 atom stereocenters. The first-order valence-corrected chi connectivity index (χ1v) is 15.9. The molecule has 1 heterocycles. The van der Waals surface area contributed by atoms with Crippen molar-refractivity contribution < 1.29 is 23.7 Å². The third-order valence-electron chi connectivity index (χ3n) is 6.57. The van der Waals surface area contributed by atoms with Crippen LogP contribution in [0.25, 0.3) is 0 Å². The van der Waals surface area contributed by atoms with Gasteiger partial charge in [0.25, 0.3) is 0 Å². The Hall–Kier alpha value is -0.813. The van der Waals surface area contributed by atoms with Crippen molar-refractivity contribution in [2.45, 2.75) is 82.8 Å². The van der Waals surface area contributed by atoms with Crippen LogP contribution in [0.15, 0.2) is 60.7 Å². The van der Waals surface area contributed by atoms with Crippen LogP contribution < -0.4 is 0 Å². The second kappa shape index (κ2) is 11.7. The standard InChI is InChI=1S/C26H37IO5Si/c1-26(2,3)33(4,5)32-22-21(16-27)31-25(28)24(30-18-20-14-10-7-11-15-20)23(22)29-17-19-12-8-6-9-13-19/h6-15,21-25,28H,16-18H2,1-5H3/t21-,22-,23+,24-,25+/m1/s1. The number of aliphatic hydroxyl groups is 1. The zero-order valence-corrected chi connectivity index (χ0v) is 23.4. The number of aliphatic hydroxyl groups excluding tert-OH is 1. The fourth-order valence-electron chi connectivity index (χ4n) is 3.58. The molecule has 0 bridgehead atoms. The highest BCUT2D eigenvalue weighted by Crippen LogP contribution is 2.40. The number of alkyl halides is 1. The molecule has 2 aromatic carbocycles. The molecule has 3 rings (SSSR count). The normalized spacial score (nSPS) is 26.3. The summed E-state index contributed by atoms with van der Waals surface area (Å²) in [5, 5.41) is 10.9. The molecule has 0 aromatic heterocycles. The fraction of sp³-hybridized carbons (Fsp3) is 0.538. The fourth-order valence-corrected chi connectivity index (χ4v) is 5.61. The summed E-state index contributed by atoms with van der Waals surface area (Å²) in [7, 11) is -2.14. The summed E-state index contributed by atoms with van der Waals surface area (Å²) in [5.74, 6) is 0. The summed E-state index contributed by atoms with van der Waals surface area (Å²) in [6, 6.07) is 20.0. The summed E-state index contributed by atoms with van der Waals surface area (Å²) in [5.41, 5.74) is 2.10. The van der Waals surface area contributed by atoms with Crippen molar-refractivity contribution in [1.82, 2.24) is 0 Å². The monoisotopic (exact) mass is 584 g/mol. The second-order valence-corrected chi connectivity index (χ2v) is 15.7. The summed E-state index contributed by atoms with van der Waals surface area (Å²) in [4.78, 5) is 0. The molecular formula is C26H37IO5Si. The minimum atomic E-state index is -2.14. The third-order valence-corrected chi connectivity index (χ3v) is 11.9. The van der Waals surface area contributed by atoms with Gasteiger partial charge in [-0.25, -0.2) is 0 Å². The summed E-state index contributed by atoms with van der Waals surface area (Å²) in [6.07, 6.45) is -2.84. The van der Waals surface area contributed by atoms with E-state index in [0.29, 0.717) is 17.6 Å². The first kappa shape index (κ1) is 26.8. The quantitative estimate of drug-likeness (QED) is 0.233. The Bertz CT molecular complexity index is 843. The van der Waals surface area contributed by atoms with Crippen molar-refractivity contribution in [3.63, 3.8) is 0 Å². The topological polar surface area (TPSA) is 57.2 Å². The van der Waals surface area contributed by atoms with E-state index in [4.69, 9.17) is 18.6 Å². The second-order valence-electron chi connectivity index (χ2n) is 10.1. The molecule has 0 amide bonds. The maximum Gasteiger partial charge on any atom is 0.192 e. The highest BCUT2D eigenvalue weighted by molar-refractivity contribution is 14.1. The molecule has 0 aliphatic carbocycles. The van der Waals surface area contributed by atoms with E-state index in [1.165, 1.54) is 0 Å². The molecule has 1 N–H and O–H groups in total. The maximum absolute atomic E-state index is 10.9. The zero-order valence-electron chi connectivity index (χ0n) is 20.2. The van der Waals surface area contributed by atoms with Crippen molar-refractivity contribution >= 4 is 30.9 Å². The predicted octanol–water partition coefficient (Wildman–Crippen LogP) is 5.70. The van der Waals surface area contributed by atoms with Gasteiger partial charge in [-0.15, -0.1) is 0 Å². The highest BCUT2D eigenvalue weighted by atomic mass is 127. The van der Waals surface area contributed by atoms with Crippen LogP contribution in [0.3, 0.4) is 0 Å². The van der Waals surface area contributed by atoms with Crippen molar-refractivity contribution in [1.29, 1.82) is 0 Å². The van der Waals surface area contributed by atoms with Crippen LogP contribution in [0.5, 0.6) is 0 Å². The van der Waals surface area contributed by atoms with Gasteiger partial charge < -0.3 is 23.7 Å². The molecule has 0 spiro atoms. The number of ether oxygens (including phenoxy) is 3. The SMILES string of the molecule is CC(C)(C)[Si](C)(C)O[C@H]1[C@H](OCc2ccccc2)[C@@H](OCc2ccccc2)[C@@H](O)O[C@@H]1CI. The molecular weight excluding hydrogens is 547 g/mol. The molecule has 1 fully saturated rings. The molecule has 5 nitrogen and oxygen atoms in total. The van der Waals surface area contributed by atoms with E-state index >= 15 is 0 Å². The Balaban J connectivity index is 1.87. The van der Waals surface area contributed by atoms with Crippen LogP contribution in [-0.2, 0) is 31.9 Å². The average molecular weight is 585 g/mol. The van der Waals surface area contributed by atoms with Crippen LogP contribution in [0.4, 0.5) is 0 Å². The van der Waals surface area contributed by atoms with Gasteiger partial charge in [-0.2, -0.15) is 0 Å². The Morgan fingerprint density at radius 1 is 0.848 bits per heavy atom. The molecule has 1 aliphatic rings. The van der Waals surface area contributed by atoms with Gasteiger partial charge in [0.1, 0.15) is 18.3 Å². The highest BCUT2D eigenvalue weighted by Gasteiger charge is 2.51. The Labute approximate surface area is 213 Å². The molecule has 0 saturated carbocycles. The molecule has 33 heavy (non-hydrogen) atoms. The van der Waals surface area contributed by atoms with Crippen molar-refractivity contribution in [2.75, 3.05) is 4.43 Å². The first-order chi connectivity index (χ1) is 15.6. The van der Waals surface area contributed by atoms with Crippen molar-refractivity contribution in [3.8, 4) is 0 Å². The van der Waals surface area contributed by atoms with E-state index in [1.807, 2.05) is 60.7 Å². The summed E-state index contributed by atoms with van der Waals surface area (Å²) < 4.78 is 26.3. The van der Waals surface area contributed by atoms with Gasteiger partial charge in [0.15, 0.2) is 14.6 Å². The van der Waals surface area contributed by atoms with Crippen molar-refractivity contribution in [3.05, 3.63) is 71.8 Å². The van der Waals surface area contributed by atoms with E-state index in [1.54, 1.807) is 0 Å². The Kier molecular flexibility index (Phi) is 9.53. The van der Waals surface area contributed by atoms with Crippen LogP contribution >= 0.6 is 22.6 Å². The van der Waals surface area contributed by atoms with E-state index in [0.717, 1.165) is 11.1 Å². The minimum absolute atomic E-state index is 0.0310. The lowest BCUT2D eigenvalue weighted by Gasteiger charge is -2.48. The Morgan fingerprint density at radius 2 is 1.33 bits per heavy atom. The van der Waals surface area contributed by atoms with E-state index < -0.39 is 26.8 Å². The van der Waals surface area contributed by atoms with Gasteiger partial charge in [0.2, 0.25) is 0 Å². The third kappa shape index (κ3) is 7.10. The maximum atomic E-state index is 10.9.